The molecular weight excluding hydrogens is 208 g/mol. The first-order valence-electron chi connectivity index (χ1n) is 5.50. The third-order valence-corrected chi connectivity index (χ3v) is 4.56. The molecule has 1 aliphatic carbocycles. The lowest BCUT2D eigenvalue weighted by atomic mass is 9.85. The molecule has 2 nitrogen and oxygen atoms in total. The van der Waals surface area contributed by atoms with Crippen molar-refractivity contribution in [1.82, 2.24) is 0 Å². The first kappa shape index (κ1) is 10.7. The molecule has 0 bridgehead atoms. The zero-order chi connectivity index (χ0) is 11.0. The quantitative estimate of drug-likeness (QED) is 0.838. The van der Waals surface area contributed by atoms with Crippen LogP contribution in [0.2, 0.25) is 0 Å². The maximum absolute atomic E-state index is 11.1. The van der Waals surface area contributed by atoms with E-state index in [2.05, 4.69) is 13.8 Å². The number of carboxylic acids is 1. The van der Waals surface area contributed by atoms with Gasteiger partial charge in [0.05, 0.1) is 0 Å². The summed E-state index contributed by atoms with van der Waals surface area (Å²) in [7, 11) is 0. The Hall–Kier alpha value is -0.830. The van der Waals surface area contributed by atoms with Gasteiger partial charge in [0.15, 0.2) is 0 Å². The molecule has 0 amide bonds. The molecule has 0 spiro atoms. The van der Waals surface area contributed by atoms with E-state index < -0.39 is 5.97 Å². The minimum absolute atomic E-state index is 0.591. The zero-order valence-corrected chi connectivity index (χ0v) is 9.99. The monoisotopic (exact) mass is 224 g/mol. The van der Waals surface area contributed by atoms with E-state index in [1.807, 2.05) is 0 Å². The van der Waals surface area contributed by atoms with Gasteiger partial charge in [0.25, 0.3) is 0 Å². The standard InChI is InChI=1S/C12H16O2S/c1-3-10-9-6-7(2)4-5-8(9)11(15-10)12(13)14/h7H,3-6H2,1-2H3,(H,13,14). The number of rotatable bonds is 2. The number of hydrogen-bond donors (Lipinski definition) is 1. The van der Waals surface area contributed by atoms with Crippen molar-refractivity contribution in [3.05, 3.63) is 20.9 Å². The highest BCUT2D eigenvalue weighted by Gasteiger charge is 2.25. The molecule has 0 saturated carbocycles. The van der Waals surface area contributed by atoms with Crippen LogP contribution in [0.25, 0.3) is 0 Å². The second kappa shape index (κ2) is 3.97. The lowest BCUT2D eigenvalue weighted by Gasteiger charge is -2.19. The van der Waals surface area contributed by atoms with Gasteiger partial charge in [0.2, 0.25) is 0 Å². The van der Waals surface area contributed by atoms with Crippen LogP contribution in [0.1, 0.15) is 45.9 Å². The smallest absolute Gasteiger partial charge is 0.346 e. The Balaban J connectivity index is 2.49. The molecule has 0 saturated heterocycles. The topological polar surface area (TPSA) is 37.3 Å². The number of hydrogen-bond acceptors (Lipinski definition) is 2. The Morgan fingerprint density at radius 3 is 2.87 bits per heavy atom. The molecular formula is C12H16O2S. The molecule has 0 aromatic carbocycles. The van der Waals surface area contributed by atoms with Gasteiger partial charge in [-0.3, -0.25) is 0 Å². The van der Waals surface area contributed by atoms with Gasteiger partial charge < -0.3 is 5.11 Å². The van der Waals surface area contributed by atoms with E-state index in [4.69, 9.17) is 5.11 Å². The summed E-state index contributed by atoms with van der Waals surface area (Å²) in [5.41, 5.74) is 2.47. The minimum atomic E-state index is -0.745. The van der Waals surface area contributed by atoms with E-state index in [0.717, 1.165) is 31.2 Å². The van der Waals surface area contributed by atoms with Crippen LogP contribution in [0.5, 0.6) is 0 Å². The molecule has 1 heterocycles. The van der Waals surface area contributed by atoms with Gasteiger partial charge in [-0.15, -0.1) is 11.3 Å². The van der Waals surface area contributed by atoms with Crippen molar-refractivity contribution in [2.75, 3.05) is 0 Å². The third kappa shape index (κ3) is 1.81. The Bertz CT molecular complexity index is 393. The van der Waals surface area contributed by atoms with Gasteiger partial charge in [-0.05, 0) is 42.7 Å². The highest BCUT2D eigenvalue weighted by Crippen LogP contribution is 2.36. The zero-order valence-electron chi connectivity index (χ0n) is 9.17. The van der Waals surface area contributed by atoms with E-state index in [1.165, 1.54) is 21.8 Å². The molecule has 1 N–H and O–H groups in total. The number of carbonyl (C=O) groups is 1. The van der Waals surface area contributed by atoms with Crippen molar-refractivity contribution in [1.29, 1.82) is 0 Å². The van der Waals surface area contributed by atoms with E-state index in [1.54, 1.807) is 0 Å². The molecule has 1 aliphatic rings. The lowest BCUT2D eigenvalue weighted by molar-refractivity contribution is 0.0700. The van der Waals surface area contributed by atoms with E-state index >= 15 is 0 Å². The summed E-state index contributed by atoms with van der Waals surface area (Å²) in [5, 5.41) is 9.13. The van der Waals surface area contributed by atoms with Crippen molar-refractivity contribution in [2.45, 2.75) is 39.5 Å². The van der Waals surface area contributed by atoms with Crippen molar-refractivity contribution >= 4 is 17.3 Å². The van der Waals surface area contributed by atoms with Gasteiger partial charge >= 0.3 is 5.97 Å². The molecule has 1 atom stereocenters. The predicted molar refractivity (Wildman–Crippen MR) is 61.8 cm³/mol. The van der Waals surface area contributed by atoms with Crippen molar-refractivity contribution in [2.24, 2.45) is 5.92 Å². The number of aryl methyl sites for hydroxylation is 1. The number of aromatic carboxylic acids is 1. The number of thiophene rings is 1. The minimum Gasteiger partial charge on any atom is -0.477 e. The molecule has 82 valence electrons. The molecule has 0 fully saturated rings. The molecule has 1 unspecified atom stereocenters. The summed E-state index contributed by atoms with van der Waals surface area (Å²) in [5.74, 6) is -0.0375. The first-order valence-corrected chi connectivity index (χ1v) is 6.31. The fourth-order valence-electron chi connectivity index (χ4n) is 2.35. The molecule has 2 rings (SSSR count). The van der Waals surface area contributed by atoms with Crippen LogP contribution in [0.15, 0.2) is 0 Å². The molecule has 1 aromatic heterocycles. The molecule has 1 aromatic rings. The molecule has 0 aliphatic heterocycles. The lowest BCUT2D eigenvalue weighted by Crippen LogP contribution is -2.12. The second-order valence-electron chi connectivity index (χ2n) is 4.32. The van der Waals surface area contributed by atoms with Crippen LogP contribution in [0.4, 0.5) is 0 Å². The summed E-state index contributed by atoms with van der Waals surface area (Å²) in [4.78, 5) is 13.0. The largest absolute Gasteiger partial charge is 0.477 e. The van der Waals surface area contributed by atoms with E-state index in [-0.39, 0.29) is 0 Å². The summed E-state index contributed by atoms with van der Waals surface area (Å²) in [6, 6.07) is 0. The van der Waals surface area contributed by atoms with Gasteiger partial charge in [-0.1, -0.05) is 13.8 Å². The first-order chi connectivity index (χ1) is 7.13. The summed E-state index contributed by atoms with van der Waals surface area (Å²) >= 11 is 1.49. The van der Waals surface area contributed by atoms with E-state index in [9.17, 15) is 4.79 Å². The molecule has 0 radical (unpaired) electrons. The predicted octanol–water partition coefficient (Wildman–Crippen LogP) is 3.13. The third-order valence-electron chi connectivity index (χ3n) is 3.16. The van der Waals surface area contributed by atoms with Gasteiger partial charge in [0.1, 0.15) is 4.88 Å². The molecule has 15 heavy (non-hydrogen) atoms. The van der Waals surface area contributed by atoms with Crippen molar-refractivity contribution in [3.8, 4) is 0 Å². The maximum Gasteiger partial charge on any atom is 0.346 e. The van der Waals surface area contributed by atoms with Crippen LogP contribution < -0.4 is 0 Å². The van der Waals surface area contributed by atoms with Crippen LogP contribution in [-0.4, -0.2) is 11.1 Å². The highest BCUT2D eigenvalue weighted by atomic mass is 32.1. The number of fused-ring (bicyclic) bond motifs is 1. The summed E-state index contributed by atoms with van der Waals surface area (Å²) in [6.07, 6.45) is 4.12. The van der Waals surface area contributed by atoms with Crippen LogP contribution in [0, 0.1) is 5.92 Å². The average Bonchev–Trinajstić information content (AvgIpc) is 2.55. The summed E-state index contributed by atoms with van der Waals surface area (Å²) in [6.45, 7) is 4.36. The van der Waals surface area contributed by atoms with Crippen LogP contribution in [0.3, 0.4) is 0 Å². The highest BCUT2D eigenvalue weighted by molar-refractivity contribution is 7.14. The van der Waals surface area contributed by atoms with Crippen molar-refractivity contribution < 1.29 is 9.90 Å². The Morgan fingerprint density at radius 2 is 2.27 bits per heavy atom. The van der Waals surface area contributed by atoms with Crippen molar-refractivity contribution in [3.63, 3.8) is 0 Å². The van der Waals surface area contributed by atoms with Crippen LogP contribution in [-0.2, 0) is 19.3 Å². The fourth-order valence-corrected chi connectivity index (χ4v) is 3.51. The average molecular weight is 224 g/mol. The Labute approximate surface area is 93.9 Å². The normalized spacial score (nSPS) is 20.0. The second-order valence-corrected chi connectivity index (χ2v) is 5.42. The summed E-state index contributed by atoms with van der Waals surface area (Å²) < 4.78 is 0. The maximum atomic E-state index is 11.1. The Kier molecular flexibility index (Phi) is 2.83. The Morgan fingerprint density at radius 1 is 1.53 bits per heavy atom. The van der Waals surface area contributed by atoms with Gasteiger partial charge in [-0.25, -0.2) is 4.79 Å². The number of carboxylic acid groups (broad SMARTS) is 1. The fraction of sp³-hybridized carbons (Fsp3) is 0.583. The van der Waals surface area contributed by atoms with Crippen LogP contribution >= 0.6 is 11.3 Å². The van der Waals surface area contributed by atoms with Gasteiger partial charge in [-0.2, -0.15) is 0 Å². The molecule has 3 heteroatoms. The van der Waals surface area contributed by atoms with E-state index in [0.29, 0.717) is 10.8 Å². The SMILES string of the molecule is CCc1sc(C(=O)O)c2c1CC(C)CC2. The van der Waals surface area contributed by atoms with Gasteiger partial charge in [0, 0.05) is 4.88 Å².